The summed E-state index contributed by atoms with van der Waals surface area (Å²) in [7, 11) is 1.11. The normalized spacial score (nSPS) is 14.3. The molecule has 0 saturated carbocycles. The number of anilines is 2. The van der Waals surface area contributed by atoms with Gasteiger partial charge in [0, 0.05) is 23.5 Å². The zero-order valence-electron chi connectivity index (χ0n) is 16.2. The Bertz CT molecular complexity index is 839. The van der Waals surface area contributed by atoms with E-state index in [2.05, 4.69) is 34.2 Å². The van der Waals surface area contributed by atoms with Gasteiger partial charge in [-0.3, -0.25) is 14.9 Å². The molecular weight excluding hydrogens is 400 g/mol. The number of thioether (sulfide) groups is 1. The third-order valence-electron chi connectivity index (χ3n) is 3.71. The summed E-state index contributed by atoms with van der Waals surface area (Å²) in [6.07, 6.45) is -2.30. The number of nitrogens with one attached hydrogen (secondary N) is 2. The van der Waals surface area contributed by atoms with Crippen molar-refractivity contribution in [2.24, 2.45) is 10.9 Å². The summed E-state index contributed by atoms with van der Waals surface area (Å²) < 4.78 is 4.45. The van der Waals surface area contributed by atoms with Gasteiger partial charge in [-0.15, -0.1) is 16.8 Å². The van der Waals surface area contributed by atoms with Crippen LogP contribution in [0.4, 0.5) is 21.0 Å². The van der Waals surface area contributed by atoms with Crippen LogP contribution >= 0.6 is 11.8 Å². The number of ether oxygens (including phenoxy) is 1. The summed E-state index contributed by atoms with van der Waals surface area (Å²) in [5.41, 5.74) is 0.495. The molecule has 0 radical (unpaired) electrons. The molecule has 1 fully saturated rings. The first-order chi connectivity index (χ1) is 13.7. The topological polar surface area (TPSA) is 137 Å². The van der Waals surface area contributed by atoms with Crippen molar-refractivity contribution in [1.82, 2.24) is 5.32 Å². The van der Waals surface area contributed by atoms with Crippen LogP contribution in [0.5, 0.6) is 0 Å². The van der Waals surface area contributed by atoms with E-state index in [0.29, 0.717) is 5.92 Å². The molecule has 1 aliphatic rings. The molecule has 1 aliphatic heterocycles. The molecule has 1 aromatic carbocycles. The van der Waals surface area contributed by atoms with Crippen LogP contribution in [-0.2, 0) is 14.3 Å². The Morgan fingerprint density at radius 2 is 1.93 bits per heavy atom. The third-order valence-corrected chi connectivity index (χ3v) is 5.13. The van der Waals surface area contributed by atoms with Crippen LogP contribution < -0.4 is 15.5 Å². The molecule has 0 bridgehead atoms. The molecule has 0 atom stereocenters. The Balaban J connectivity index is 2.43. The van der Waals surface area contributed by atoms with Gasteiger partial charge in [-0.05, 0) is 24.1 Å². The highest BCUT2D eigenvalue weighted by Crippen LogP contribution is 2.35. The van der Waals surface area contributed by atoms with Gasteiger partial charge >= 0.3 is 12.2 Å². The van der Waals surface area contributed by atoms with Crippen molar-refractivity contribution in [2.75, 3.05) is 23.1 Å². The Hall–Kier alpha value is -3.08. The summed E-state index contributed by atoms with van der Waals surface area (Å²) in [5.74, 6) is 0.134. The van der Waals surface area contributed by atoms with E-state index in [0.717, 1.165) is 22.7 Å². The monoisotopic (exact) mass is 422 g/mol. The molecular formula is C18H22N4O6S. The predicted octanol–water partition coefficient (Wildman–Crippen LogP) is 2.89. The Kier molecular flexibility index (Phi) is 7.59. The number of alkyl carbamates (subject to hydrolysis) is 1. The van der Waals surface area contributed by atoms with Crippen molar-refractivity contribution in [3.63, 3.8) is 0 Å². The largest absolute Gasteiger partial charge is 0.463 e. The highest BCUT2D eigenvalue weighted by atomic mass is 32.2. The van der Waals surface area contributed by atoms with Gasteiger partial charge < -0.3 is 15.2 Å². The van der Waals surface area contributed by atoms with Crippen molar-refractivity contribution < 1.29 is 29.0 Å². The number of imide groups is 1. The van der Waals surface area contributed by atoms with E-state index < -0.39 is 18.1 Å². The number of aliphatic imine (C=N–C) groups is 1. The number of nitrogens with zero attached hydrogens (tertiary/aromatic N) is 2. The Morgan fingerprint density at radius 1 is 1.28 bits per heavy atom. The second-order valence-corrected chi connectivity index (χ2v) is 7.58. The molecule has 156 valence electrons. The third kappa shape index (κ3) is 6.21. The highest BCUT2D eigenvalue weighted by Gasteiger charge is 2.32. The minimum atomic E-state index is -1.55. The average Bonchev–Trinajstić information content (AvgIpc) is 2.98. The van der Waals surface area contributed by atoms with E-state index in [1.807, 2.05) is 0 Å². The fourth-order valence-electron chi connectivity index (χ4n) is 2.46. The SMILES string of the molecule is COC(=O)N/C(=N/C(=O)O)Nc1ccc(SCC(C)C)cc1N1C(=O)CCC1=O. The fourth-order valence-corrected chi connectivity index (χ4v) is 3.34. The zero-order valence-corrected chi connectivity index (χ0v) is 17.0. The summed E-state index contributed by atoms with van der Waals surface area (Å²) in [4.78, 5) is 52.1. The molecule has 11 heteroatoms. The standard InChI is InChI=1S/C18H22N4O6S/c1-10(2)9-29-11-4-5-12(13(8-11)22-14(23)6-7-15(22)24)19-16(20-17(25)26)21-18(27)28-3/h4-5,8,10H,6-7,9H2,1-3H3,(H,25,26)(H2,19,20,21,27). The average molecular weight is 422 g/mol. The molecule has 1 saturated heterocycles. The maximum Gasteiger partial charge on any atom is 0.434 e. The second-order valence-electron chi connectivity index (χ2n) is 6.49. The lowest BCUT2D eigenvalue weighted by molar-refractivity contribution is -0.121. The Morgan fingerprint density at radius 3 is 2.48 bits per heavy atom. The van der Waals surface area contributed by atoms with Crippen LogP contribution in [0.2, 0.25) is 0 Å². The summed E-state index contributed by atoms with van der Waals surface area (Å²) in [6.45, 7) is 4.15. The molecule has 1 aromatic rings. The van der Waals surface area contributed by atoms with Gasteiger partial charge in [0.05, 0.1) is 18.5 Å². The van der Waals surface area contributed by atoms with E-state index in [1.165, 1.54) is 0 Å². The van der Waals surface area contributed by atoms with Gasteiger partial charge in [-0.2, -0.15) is 0 Å². The van der Waals surface area contributed by atoms with Crippen LogP contribution in [0.25, 0.3) is 0 Å². The molecule has 1 heterocycles. The molecule has 0 spiro atoms. The van der Waals surface area contributed by atoms with Gasteiger partial charge in [-0.1, -0.05) is 13.8 Å². The maximum atomic E-state index is 12.3. The van der Waals surface area contributed by atoms with Crippen molar-refractivity contribution in [3.05, 3.63) is 18.2 Å². The van der Waals surface area contributed by atoms with Crippen LogP contribution in [0.3, 0.4) is 0 Å². The molecule has 0 unspecified atom stereocenters. The molecule has 2 rings (SSSR count). The number of amides is 4. The number of rotatable bonds is 5. The molecule has 10 nitrogen and oxygen atoms in total. The van der Waals surface area contributed by atoms with Crippen molar-refractivity contribution in [1.29, 1.82) is 0 Å². The summed E-state index contributed by atoms with van der Waals surface area (Å²) in [5, 5.41) is 13.7. The lowest BCUT2D eigenvalue weighted by atomic mass is 10.2. The highest BCUT2D eigenvalue weighted by molar-refractivity contribution is 7.99. The quantitative estimate of drug-likeness (QED) is 0.285. The van der Waals surface area contributed by atoms with Crippen molar-refractivity contribution in [2.45, 2.75) is 31.6 Å². The van der Waals surface area contributed by atoms with Gasteiger partial charge in [0.2, 0.25) is 17.8 Å². The first-order valence-corrected chi connectivity index (χ1v) is 9.76. The maximum absolute atomic E-state index is 12.3. The van der Waals surface area contributed by atoms with Crippen LogP contribution in [0, 0.1) is 5.92 Å². The van der Waals surface area contributed by atoms with Gasteiger partial charge in [-0.25, -0.2) is 14.5 Å². The zero-order chi connectivity index (χ0) is 21.6. The smallest absolute Gasteiger partial charge is 0.434 e. The van der Waals surface area contributed by atoms with Crippen LogP contribution in [0.15, 0.2) is 28.1 Å². The lowest BCUT2D eigenvalue weighted by Gasteiger charge is -2.21. The number of guanidine groups is 1. The number of carbonyl (C=O) groups excluding carboxylic acids is 3. The number of carbonyl (C=O) groups is 4. The molecule has 29 heavy (non-hydrogen) atoms. The van der Waals surface area contributed by atoms with Gasteiger partial charge in [0.15, 0.2) is 0 Å². The summed E-state index contributed by atoms with van der Waals surface area (Å²) in [6, 6.07) is 5.03. The number of benzene rings is 1. The molecule has 4 amide bonds. The number of carboxylic acid groups (broad SMARTS) is 1. The van der Waals surface area contributed by atoms with E-state index in [1.54, 1.807) is 30.0 Å². The number of methoxy groups -OCH3 is 1. The minimum Gasteiger partial charge on any atom is -0.463 e. The first kappa shape index (κ1) is 22.2. The van der Waals surface area contributed by atoms with E-state index in [-0.39, 0.29) is 36.0 Å². The van der Waals surface area contributed by atoms with E-state index in [9.17, 15) is 19.2 Å². The number of hydrogen-bond acceptors (Lipinski definition) is 6. The number of hydrogen-bond donors (Lipinski definition) is 3. The lowest BCUT2D eigenvalue weighted by Crippen LogP contribution is -2.37. The summed E-state index contributed by atoms with van der Waals surface area (Å²) >= 11 is 1.57. The molecule has 0 aromatic heterocycles. The minimum absolute atomic E-state index is 0.0954. The first-order valence-electron chi connectivity index (χ1n) is 8.77. The van der Waals surface area contributed by atoms with Crippen LogP contribution in [0.1, 0.15) is 26.7 Å². The molecule has 0 aliphatic carbocycles. The predicted molar refractivity (Wildman–Crippen MR) is 108 cm³/mol. The van der Waals surface area contributed by atoms with E-state index in [4.69, 9.17) is 5.11 Å². The van der Waals surface area contributed by atoms with Crippen molar-refractivity contribution in [3.8, 4) is 0 Å². The second kappa shape index (κ2) is 9.92. The van der Waals surface area contributed by atoms with Crippen molar-refractivity contribution >= 4 is 53.1 Å². The van der Waals surface area contributed by atoms with Gasteiger partial charge in [0.1, 0.15) is 0 Å². The van der Waals surface area contributed by atoms with Crippen LogP contribution in [-0.4, -0.2) is 47.9 Å². The Labute approximate surface area is 171 Å². The van der Waals surface area contributed by atoms with Gasteiger partial charge in [0.25, 0.3) is 0 Å². The van der Waals surface area contributed by atoms with E-state index >= 15 is 0 Å². The fraction of sp³-hybridized carbons (Fsp3) is 0.389. The molecule has 3 N–H and O–H groups in total.